The van der Waals surface area contributed by atoms with E-state index in [2.05, 4.69) is 30.4 Å². The molecule has 42 heavy (non-hydrogen) atoms. The lowest BCUT2D eigenvalue weighted by atomic mass is 9.27. The van der Waals surface area contributed by atoms with Gasteiger partial charge in [-0.05, 0) is 41.8 Å². The van der Waals surface area contributed by atoms with E-state index in [0.29, 0.717) is 0 Å². The fourth-order valence-corrected chi connectivity index (χ4v) is 6.92. The molecule has 0 amide bonds. The first-order chi connectivity index (χ1) is 19.7. The van der Waals surface area contributed by atoms with Crippen molar-refractivity contribution in [2.24, 2.45) is 56.8 Å². The van der Waals surface area contributed by atoms with Crippen LogP contribution in [-0.4, -0.2) is 61.8 Å². The van der Waals surface area contributed by atoms with Crippen LogP contribution in [0.3, 0.4) is 0 Å². The average molecular weight is 589 g/mol. The third-order valence-corrected chi connectivity index (χ3v) is 9.71. The fraction of sp³-hybridized carbons (Fsp3) is 0.500. The summed E-state index contributed by atoms with van der Waals surface area (Å²) in [6.07, 6.45) is 0. The lowest BCUT2D eigenvalue weighted by Gasteiger charge is -2.65. The molecular weight excluding hydrogens is 556 g/mol. The molecule has 2 aliphatic carbocycles. The fourth-order valence-electron chi connectivity index (χ4n) is 6.92. The molecule has 2 saturated carbocycles. The van der Waals surface area contributed by atoms with Crippen molar-refractivity contribution in [3.05, 3.63) is 36.4 Å². The van der Waals surface area contributed by atoms with Crippen molar-refractivity contribution in [2.75, 3.05) is 14.1 Å². The quantitative estimate of drug-likeness (QED) is 0.225. The number of rotatable bonds is 0. The number of nitrogens with two attached hydrogens (primary N) is 2. The molecule has 1 aromatic carbocycles. The van der Waals surface area contributed by atoms with Crippen molar-refractivity contribution in [1.29, 1.82) is 0 Å². The van der Waals surface area contributed by atoms with E-state index < -0.39 is 93.1 Å². The van der Waals surface area contributed by atoms with Crippen LogP contribution < -0.4 is 11.5 Å². The lowest BCUT2D eigenvalue weighted by Crippen LogP contribution is -2.77. The van der Waals surface area contributed by atoms with Crippen molar-refractivity contribution >= 4 is 47.8 Å². The molecule has 1 aromatic rings. The Bertz CT molecular complexity index is 1160. The van der Waals surface area contributed by atoms with Crippen molar-refractivity contribution in [3.63, 3.8) is 0 Å². The molecule has 6 aliphatic rings. The number of hydrogen-bond acceptors (Lipinski definition) is 14. The first-order valence-electron chi connectivity index (χ1n) is 12.9. The van der Waals surface area contributed by atoms with E-state index in [1.807, 2.05) is 36.4 Å². The van der Waals surface area contributed by atoms with E-state index in [0.717, 1.165) is 0 Å². The Balaban J connectivity index is 0.000000178. The molecule has 14 heteroatoms. The molecule has 6 fully saturated rings. The SMILES string of the molecule is CC12C(=O)OC(=O)C1(C)C1(C)C(=O)OC(=O)C21C.CN.CN.O=C1OC(=O)C2C1C1C(=O)OC(=O)C21.c1ccccc1. The van der Waals surface area contributed by atoms with Crippen LogP contribution in [0.4, 0.5) is 0 Å². The van der Waals surface area contributed by atoms with Gasteiger partial charge in [0, 0.05) is 0 Å². The van der Waals surface area contributed by atoms with Gasteiger partial charge in [0.05, 0.1) is 45.3 Å². The smallest absolute Gasteiger partial charge is 0.321 e. The van der Waals surface area contributed by atoms with Crippen LogP contribution in [0.2, 0.25) is 0 Å². The van der Waals surface area contributed by atoms with Gasteiger partial charge >= 0.3 is 47.8 Å². The predicted molar refractivity (Wildman–Crippen MR) is 137 cm³/mol. The molecule has 4 aliphatic heterocycles. The molecule has 4 N–H and O–H groups in total. The molecular formula is C28H32N2O12. The van der Waals surface area contributed by atoms with Gasteiger partial charge in [-0.25, -0.2) is 0 Å². The second-order valence-corrected chi connectivity index (χ2v) is 10.6. The Labute approximate surface area is 240 Å². The van der Waals surface area contributed by atoms with Crippen molar-refractivity contribution in [1.82, 2.24) is 0 Å². The Kier molecular flexibility index (Phi) is 8.31. The van der Waals surface area contributed by atoms with Crippen molar-refractivity contribution in [3.8, 4) is 0 Å². The predicted octanol–water partition coefficient (Wildman–Crippen LogP) is -0.340. The molecule has 0 spiro atoms. The second-order valence-electron chi connectivity index (χ2n) is 10.6. The number of benzene rings is 1. The minimum Gasteiger partial charge on any atom is -0.393 e. The van der Waals surface area contributed by atoms with Gasteiger partial charge in [0.1, 0.15) is 0 Å². The summed E-state index contributed by atoms with van der Waals surface area (Å²) in [4.78, 5) is 92.1. The van der Waals surface area contributed by atoms with Gasteiger partial charge in [-0.3, -0.25) is 38.4 Å². The normalized spacial score (nSPS) is 39.0. The molecule has 0 aromatic heterocycles. The zero-order valence-electron chi connectivity index (χ0n) is 23.8. The van der Waals surface area contributed by atoms with Crippen molar-refractivity contribution in [2.45, 2.75) is 27.7 Å². The molecule has 0 bridgehead atoms. The number of esters is 8. The van der Waals surface area contributed by atoms with Crippen LogP contribution in [0.5, 0.6) is 0 Å². The van der Waals surface area contributed by atoms with Crippen LogP contribution in [0.25, 0.3) is 0 Å². The van der Waals surface area contributed by atoms with E-state index in [1.165, 1.54) is 41.8 Å². The van der Waals surface area contributed by atoms with Gasteiger partial charge in [0.15, 0.2) is 0 Å². The lowest BCUT2D eigenvalue weighted by molar-refractivity contribution is -0.243. The summed E-state index contributed by atoms with van der Waals surface area (Å²) in [5.41, 5.74) is 3.59. The van der Waals surface area contributed by atoms with Crippen molar-refractivity contribution < 1.29 is 57.3 Å². The van der Waals surface area contributed by atoms with Gasteiger partial charge in [0.2, 0.25) is 0 Å². The minimum atomic E-state index is -1.35. The van der Waals surface area contributed by atoms with E-state index in [1.54, 1.807) is 0 Å². The summed E-state index contributed by atoms with van der Waals surface area (Å²) in [6, 6.07) is 12.0. The summed E-state index contributed by atoms with van der Waals surface area (Å²) >= 11 is 0. The Morgan fingerprint density at radius 2 is 0.571 bits per heavy atom. The number of carbonyl (C=O) groups is 8. The van der Waals surface area contributed by atoms with Crippen LogP contribution >= 0.6 is 0 Å². The molecule has 0 atom stereocenters. The molecule has 14 nitrogen and oxygen atoms in total. The van der Waals surface area contributed by atoms with Crippen LogP contribution in [0.15, 0.2) is 36.4 Å². The maximum atomic E-state index is 12.0. The third-order valence-electron chi connectivity index (χ3n) is 9.71. The first kappa shape index (κ1) is 32.2. The van der Waals surface area contributed by atoms with Gasteiger partial charge in [-0.15, -0.1) is 0 Å². The Morgan fingerprint density at radius 3 is 0.738 bits per heavy atom. The summed E-state index contributed by atoms with van der Waals surface area (Å²) in [7, 11) is 3.00. The summed E-state index contributed by atoms with van der Waals surface area (Å²) in [6.45, 7) is 5.95. The summed E-state index contributed by atoms with van der Waals surface area (Å²) < 4.78 is 18.0. The highest BCUT2D eigenvalue weighted by atomic mass is 16.6. The van der Waals surface area contributed by atoms with E-state index >= 15 is 0 Å². The Morgan fingerprint density at radius 1 is 0.405 bits per heavy atom. The van der Waals surface area contributed by atoms with E-state index in [4.69, 9.17) is 0 Å². The maximum Gasteiger partial charge on any atom is 0.321 e. The minimum absolute atomic E-state index is 0.715. The molecule has 0 radical (unpaired) electrons. The van der Waals surface area contributed by atoms with Gasteiger partial charge in [0.25, 0.3) is 0 Å². The Hall–Kier alpha value is -4.30. The number of carbonyl (C=O) groups excluding carboxylic acids is 8. The van der Waals surface area contributed by atoms with E-state index in [9.17, 15) is 38.4 Å². The highest BCUT2D eigenvalue weighted by Crippen LogP contribution is 2.83. The van der Waals surface area contributed by atoms with Crippen LogP contribution in [0.1, 0.15) is 27.7 Å². The molecule has 7 rings (SSSR count). The van der Waals surface area contributed by atoms with E-state index in [-0.39, 0.29) is 0 Å². The molecule has 0 unspecified atom stereocenters. The standard InChI is InChI=1S/C12H12O6.C8H4O6.C6H6.2CH5N/c1-9-5(13)17-6(14)10(9,2)12(4)8(16)18-7(15)11(9,12)3;9-5-1-2(6(10)13-5)4-3(1)7(11)14-8(4)12;1-2-4-6-5-3-1;2*1-2/h1-4H3;1-4H;1-6H;2*2H2,1H3. The zero-order chi connectivity index (χ0) is 32.0. The highest BCUT2D eigenvalue weighted by molar-refractivity contribution is 6.18. The zero-order valence-corrected chi connectivity index (χ0v) is 23.8. The maximum absolute atomic E-state index is 12.0. The molecule has 4 heterocycles. The number of cyclic esters (lactones) is 8. The monoisotopic (exact) mass is 588 g/mol. The first-order valence-corrected chi connectivity index (χ1v) is 12.9. The van der Waals surface area contributed by atoms with Gasteiger partial charge in [-0.1, -0.05) is 36.4 Å². The molecule has 4 saturated heterocycles. The van der Waals surface area contributed by atoms with Crippen LogP contribution in [-0.2, 0) is 57.3 Å². The van der Waals surface area contributed by atoms with Crippen LogP contribution in [0, 0.1) is 45.3 Å². The number of fused-ring (bicyclic) bond motifs is 8. The molecule has 226 valence electrons. The van der Waals surface area contributed by atoms with Gasteiger partial charge < -0.3 is 30.4 Å². The number of ether oxygens (including phenoxy) is 4. The topological polar surface area (TPSA) is 226 Å². The van der Waals surface area contributed by atoms with Gasteiger partial charge in [-0.2, -0.15) is 0 Å². The third kappa shape index (κ3) is 3.57. The summed E-state index contributed by atoms with van der Waals surface area (Å²) in [5.74, 6) is -9.05. The highest BCUT2D eigenvalue weighted by Gasteiger charge is 2.97. The number of hydrogen-bond donors (Lipinski definition) is 2. The largest absolute Gasteiger partial charge is 0.393 e. The summed E-state index contributed by atoms with van der Waals surface area (Å²) in [5, 5.41) is 0. The second kappa shape index (κ2) is 10.8. The average Bonchev–Trinajstić information content (AvgIpc) is 3.47.